The summed E-state index contributed by atoms with van der Waals surface area (Å²) in [5.74, 6) is 0. The summed E-state index contributed by atoms with van der Waals surface area (Å²) in [7, 11) is 0. The Morgan fingerprint density at radius 1 is 0.379 bits per heavy atom. The van der Waals surface area contributed by atoms with E-state index >= 15 is 0 Å². The van der Waals surface area contributed by atoms with Gasteiger partial charge < -0.3 is 0 Å². The molecule has 0 fully saturated rings. The molecule has 1 aliphatic rings. The molecule has 0 saturated carbocycles. The van der Waals surface area contributed by atoms with Gasteiger partial charge in [-0.2, -0.15) is 0 Å². The second-order valence-corrected chi connectivity index (χ2v) is 7.25. The number of alkyl halides is 10. The summed E-state index contributed by atoms with van der Waals surface area (Å²) >= 11 is 0. The average molecular weight is 438 g/mol. The molecular weight excluding hydrogens is 418 g/mol. The van der Waals surface area contributed by atoms with Crippen LogP contribution in [0.2, 0.25) is 0 Å². The molecule has 0 unspecified atom stereocenters. The fourth-order valence-electron chi connectivity index (χ4n) is 4.98. The van der Waals surface area contributed by atoms with E-state index in [0.717, 1.165) is 0 Å². The maximum atomic E-state index is 14.3. The van der Waals surface area contributed by atoms with Crippen molar-refractivity contribution < 1.29 is 43.9 Å². The Morgan fingerprint density at radius 3 is 0.828 bits per heavy atom. The van der Waals surface area contributed by atoms with E-state index in [2.05, 4.69) is 0 Å². The number of rotatable bonds is 10. The Labute approximate surface area is 161 Å². The topological polar surface area (TPSA) is 0 Å². The first-order valence-corrected chi connectivity index (χ1v) is 8.71. The van der Waals surface area contributed by atoms with Gasteiger partial charge in [-0.15, -0.1) is 0 Å². The largest absolute Gasteiger partial charge is 0.250 e. The Bertz CT molecular complexity index is 663. The van der Waals surface area contributed by atoms with Gasteiger partial charge >= 0.3 is 0 Å². The highest BCUT2D eigenvalue weighted by molar-refractivity contribution is 5.64. The monoisotopic (exact) mass is 438 g/mol. The van der Waals surface area contributed by atoms with Crippen LogP contribution in [0.25, 0.3) is 0 Å². The summed E-state index contributed by atoms with van der Waals surface area (Å²) in [4.78, 5) is 0. The first kappa shape index (κ1) is 23.8. The van der Waals surface area contributed by atoms with Crippen molar-refractivity contribution in [1.82, 2.24) is 0 Å². The van der Waals surface area contributed by atoms with Crippen LogP contribution in [0.1, 0.15) is 33.4 Å². The standard InChI is InChI=1S/C19H20F10/c20-1-11-12(2-21)14(4-23)16-15(13(11)3-22)17(5-24,6-25)19(9-28,10-29)18(16,7-26)8-27/h1-10H2. The molecule has 0 aliphatic heterocycles. The molecule has 1 aromatic carbocycles. The highest BCUT2D eigenvalue weighted by Gasteiger charge is 2.72. The van der Waals surface area contributed by atoms with Crippen LogP contribution in [0.5, 0.6) is 0 Å². The lowest BCUT2D eigenvalue weighted by molar-refractivity contribution is -0.0551. The molecule has 1 aliphatic carbocycles. The molecule has 0 nitrogen and oxygen atoms in total. The minimum Gasteiger partial charge on any atom is -0.250 e. The number of benzene rings is 1. The predicted octanol–water partition coefficient (Wildman–Crippen LogP) is 5.86. The van der Waals surface area contributed by atoms with Crippen molar-refractivity contribution in [1.29, 1.82) is 0 Å². The van der Waals surface area contributed by atoms with Gasteiger partial charge in [-0.25, -0.2) is 35.1 Å². The van der Waals surface area contributed by atoms with Gasteiger partial charge in [0.2, 0.25) is 0 Å². The highest BCUT2D eigenvalue weighted by Crippen LogP contribution is 2.66. The lowest BCUT2D eigenvalue weighted by atomic mass is 9.56. The number of fused-ring (bicyclic) bond motifs is 1. The second kappa shape index (κ2) is 8.71. The van der Waals surface area contributed by atoms with Crippen molar-refractivity contribution in [3.63, 3.8) is 0 Å². The number of hydrogen-bond donors (Lipinski definition) is 0. The van der Waals surface area contributed by atoms with Crippen LogP contribution in [0, 0.1) is 5.41 Å². The van der Waals surface area contributed by atoms with Crippen molar-refractivity contribution in [2.75, 3.05) is 40.0 Å². The first-order valence-electron chi connectivity index (χ1n) is 8.71. The minimum absolute atomic E-state index is 0.771. The second-order valence-electron chi connectivity index (χ2n) is 7.25. The normalized spacial score (nSPS) is 18.8. The van der Waals surface area contributed by atoms with Gasteiger partial charge in [-0.05, 0) is 33.4 Å². The highest BCUT2D eigenvalue weighted by atomic mass is 19.2. The molecule has 0 aromatic heterocycles. The maximum Gasteiger partial charge on any atom is 0.115 e. The van der Waals surface area contributed by atoms with Crippen LogP contribution in [-0.2, 0) is 37.5 Å². The number of halogens is 10. The molecule has 0 heterocycles. The fourth-order valence-corrected chi connectivity index (χ4v) is 4.98. The molecule has 0 amide bonds. The molecule has 0 saturated heterocycles. The van der Waals surface area contributed by atoms with Crippen molar-refractivity contribution in [3.05, 3.63) is 33.4 Å². The Hall–Kier alpha value is -1.48. The Morgan fingerprint density at radius 2 is 0.655 bits per heavy atom. The lowest BCUT2D eigenvalue weighted by Gasteiger charge is -2.47. The molecule has 0 bridgehead atoms. The van der Waals surface area contributed by atoms with Crippen LogP contribution in [-0.4, -0.2) is 40.0 Å². The first-order chi connectivity index (χ1) is 13.9. The van der Waals surface area contributed by atoms with E-state index in [-0.39, 0.29) is 0 Å². The van der Waals surface area contributed by atoms with Crippen LogP contribution in [0.4, 0.5) is 43.9 Å². The third-order valence-corrected chi connectivity index (χ3v) is 6.64. The van der Waals surface area contributed by atoms with Crippen LogP contribution in [0.3, 0.4) is 0 Å². The van der Waals surface area contributed by atoms with E-state index in [1.54, 1.807) is 0 Å². The summed E-state index contributed by atoms with van der Waals surface area (Å²) < 4.78 is 141. The molecule has 10 heteroatoms. The zero-order valence-corrected chi connectivity index (χ0v) is 15.4. The molecule has 0 spiro atoms. The molecule has 29 heavy (non-hydrogen) atoms. The van der Waals surface area contributed by atoms with Crippen LogP contribution in [0.15, 0.2) is 0 Å². The van der Waals surface area contributed by atoms with Gasteiger partial charge in [0.25, 0.3) is 0 Å². The summed E-state index contributed by atoms with van der Waals surface area (Å²) in [6.07, 6.45) is 0. The molecule has 0 atom stereocenters. The molecule has 2 rings (SSSR count). The van der Waals surface area contributed by atoms with Crippen molar-refractivity contribution in [2.24, 2.45) is 5.41 Å². The average Bonchev–Trinajstić information content (AvgIpc) is 2.99. The predicted molar refractivity (Wildman–Crippen MR) is 87.3 cm³/mol. The number of hydrogen-bond acceptors (Lipinski definition) is 0. The third kappa shape index (κ3) is 2.59. The van der Waals surface area contributed by atoms with Crippen molar-refractivity contribution in [2.45, 2.75) is 37.5 Å². The van der Waals surface area contributed by atoms with Gasteiger partial charge in [0, 0.05) is 0 Å². The van der Waals surface area contributed by atoms with E-state index in [0.29, 0.717) is 0 Å². The smallest absolute Gasteiger partial charge is 0.115 e. The van der Waals surface area contributed by atoms with E-state index in [4.69, 9.17) is 0 Å². The third-order valence-electron chi connectivity index (χ3n) is 6.64. The zero-order chi connectivity index (χ0) is 22.0. The Kier molecular flexibility index (Phi) is 7.15. The summed E-state index contributed by atoms with van der Waals surface area (Å²) in [6, 6.07) is 0. The minimum atomic E-state index is -3.04. The van der Waals surface area contributed by atoms with Crippen LogP contribution >= 0.6 is 0 Å². The lowest BCUT2D eigenvalue weighted by Crippen LogP contribution is -2.60. The molecular formula is C19H20F10. The van der Waals surface area contributed by atoms with E-state index in [9.17, 15) is 43.9 Å². The van der Waals surface area contributed by atoms with Gasteiger partial charge in [0.05, 0.1) is 29.6 Å². The van der Waals surface area contributed by atoms with E-state index in [1.807, 2.05) is 0 Å². The van der Waals surface area contributed by atoms with Gasteiger partial charge in [-0.1, -0.05) is 0 Å². The molecule has 0 N–H and O–H groups in total. The van der Waals surface area contributed by atoms with Crippen LogP contribution < -0.4 is 0 Å². The summed E-state index contributed by atoms with van der Waals surface area (Å²) in [6.45, 7) is -18.1. The molecule has 1 aromatic rings. The summed E-state index contributed by atoms with van der Waals surface area (Å²) in [5.41, 5.74) is -13.9. The zero-order valence-electron chi connectivity index (χ0n) is 15.4. The van der Waals surface area contributed by atoms with Crippen molar-refractivity contribution >= 4 is 0 Å². The van der Waals surface area contributed by atoms with Gasteiger partial charge in [-0.3, -0.25) is 8.78 Å². The summed E-state index contributed by atoms with van der Waals surface area (Å²) in [5, 5.41) is 0. The Balaban J connectivity index is 3.28. The van der Waals surface area contributed by atoms with Crippen molar-refractivity contribution in [3.8, 4) is 0 Å². The van der Waals surface area contributed by atoms with E-state index < -0.39 is 116 Å². The maximum absolute atomic E-state index is 14.3. The van der Waals surface area contributed by atoms with E-state index in [1.165, 1.54) is 0 Å². The SMILES string of the molecule is FCc1c(CF)c(CF)c2c(c1CF)C(CF)(CF)C(CF)(CF)C2(CF)CF. The molecule has 0 radical (unpaired) electrons. The quantitative estimate of drug-likeness (QED) is 0.402. The van der Waals surface area contributed by atoms with Gasteiger partial charge in [0.15, 0.2) is 0 Å². The fraction of sp³-hybridized carbons (Fsp3) is 0.684. The van der Waals surface area contributed by atoms with Gasteiger partial charge in [0.1, 0.15) is 53.4 Å². The molecule has 166 valence electrons.